The van der Waals surface area contributed by atoms with Gasteiger partial charge in [0.1, 0.15) is 16.7 Å². The van der Waals surface area contributed by atoms with Gasteiger partial charge in [0, 0.05) is 6.07 Å². The summed E-state index contributed by atoms with van der Waals surface area (Å²) in [6, 6.07) is 3.81. The van der Waals surface area contributed by atoms with E-state index >= 15 is 0 Å². The van der Waals surface area contributed by atoms with E-state index in [2.05, 4.69) is 22.1 Å². The first kappa shape index (κ1) is 11.3. The van der Waals surface area contributed by atoms with Crippen LogP contribution in [0.5, 0.6) is 5.88 Å². The number of aromatic nitrogens is 3. The fourth-order valence-corrected chi connectivity index (χ4v) is 1.90. The highest BCUT2D eigenvalue weighted by Crippen LogP contribution is 2.27. The molecule has 0 aliphatic heterocycles. The van der Waals surface area contributed by atoms with Crippen molar-refractivity contribution in [3.05, 3.63) is 17.8 Å². The van der Waals surface area contributed by atoms with Crippen molar-refractivity contribution in [2.45, 2.75) is 5.03 Å². The molecule has 0 N–H and O–H groups in total. The highest BCUT2D eigenvalue weighted by atomic mass is 32.2. The van der Waals surface area contributed by atoms with Gasteiger partial charge in [-0.05, 0) is 6.26 Å². The number of hydrogen-bond donors (Lipinski definition) is 0. The molecule has 17 heavy (non-hydrogen) atoms. The molecule has 6 heteroatoms. The van der Waals surface area contributed by atoms with Crippen molar-refractivity contribution in [1.82, 2.24) is 14.6 Å². The van der Waals surface area contributed by atoms with Crippen LogP contribution in [0, 0.1) is 23.7 Å². The van der Waals surface area contributed by atoms with Crippen LogP contribution in [0.25, 0.3) is 5.65 Å². The normalized spacial score (nSPS) is 9.82. The molecule has 0 aromatic carbocycles. The smallest absolute Gasteiger partial charge is 0.238 e. The molecule has 0 amide bonds. The zero-order chi connectivity index (χ0) is 12.3. The second-order valence-electron chi connectivity index (χ2n) is 3.01. The lowest BCUT2D eigenvalue weighted by Crippen LogP contribution is -2.06. The van der Waals surface area contributed by atoms with Gasteiger partial charge in [-0.1, -0.05) is 5.92 Å². The van der Waals surface area contributed by atoms with E-state index in [1.807, 2.05) is 6.26 Å². The van der Waals surface area contributed by atoms with Crippen LogP contribution in [0.3, 0.4) is 0 Å². The first-order valence-corrected chi connectivity index (χ1v) is 5.92. The van der Waals surface area contributed by atoms with Gasteiger partial charge in [0.05, 0.1) is 6.20 Å². The lowest BCUT2D eigenvalue weighted by atomic mass is 10.3. The van der Waals surface area contributed by atoms with Gasteiger partial charge in [0.15, 0.2) is 12.3 Å². The molecular weight excluding hydrogens is 236 g/mol. The number of nitrogens with zero attached hydrogens (tertiary/aromatic N) is 4. The molecule has 0 atom stereocenters. The number of ether oxygens (including phenoxy) is 1. The minimum Gasteiger partial charge on any atom is -0.463 e. The van der Waals surface area contributed by atoms with Crippen LogP contribution >= 0.6 is 11.8 Å². The van der Waals surface area contributed by atoms with Gasteiger partial charge in [0.25, 0.3) is 0 Å². The molecule has 0 fully saturated rings. The maximum atomic E-state index is 9.15. The van der Waals surface area contributed by atoms with Crippen molar-refractivity contribution in [3.8, 4) is 24.3 Å². The Kier molecular flexibility index (Phi) is 3.17. The molecule has 0 aliphatic rings. The third-order valence-corrected chi connectivity index (χ3v) is 2.74. The summed E-state index contributed by atoms with van der Waals surface area (Å²) in [7, 11) is 0. The number of rotatable bonds is 3. The summed E-state index contributed by atoms with van der Waals surface area (Å²) < 4.78 is 6.85. The van der Waals surface area contributed by atoms with E-state index in [1.54, 1.807) is 12.3 Å². The zero-order valence-electron chi connectivity index (χ0n) is 9.04. The number of thioether (sulfide) groups is 1. The van der Waals surface area contributed by atoms with Crippen LogP contribution < -0.4 is 4.74 Å². The predicted molar refractivity (Wildman–Crippen MR) is 63.8 cm³/mol. The van der Waals surface area contributed by atoms with Gasteiger partial charge in [-0.15, -0.1) is 18.2 Å². The van der Waals surface area contributed by atoms with Crippen molar-refractivity contribution >= 4 is 17.4 Å². The van der Waals surface area contributed by atoms with Crippen LogP contribution in [0.4, 0.5) is 0 Å². The summed E-state index contributed by atoms with van der Waals surface area (Å²) in [5.74, 6) is 2.70. The lowest BCUT2D eigenvalue weighted by molar-refractivity contribution is 0.341. The van der Waals surface area contributed by atoms with Crippen LogP contribution in [0.1, 0.15) is 5.56 Å². The molecule has 0 saturated carbocycles. The molecule has 84 valence electrons. The molecule has 2 aromatic heterocycles. The van der Waals surface area contributed by atoms with Crippen LogP contribution in [-0.4, -0.2) is 27.5 Å². The fraction of sp³-hybridized carbons (Fsp3) is 0.182. The summed E-state index contributed by atoms with van der Waals surface area (Å²) in [6.45, 7) is 0.0848. The Hall–Kier alpha value is -2.18. The average molecular weight is 244 g/mol. The van der Waals surface area contributed by atoms with Gasteiger partial charge in [0.2, 0.25) is 5.88 Å². The van der Waals surface area contributed by atoms with E-state index < -0.39 is 0 Å². The third-order valence-electron chi connectivity index (χ3n) is 2.06. The predicted octanol–water partition coefficient (Wildman–Crippen LogP) is 1.33. The fourth-order valence-electron chi connectivity index (χ4n) is 1.38. The number of nitriles is 1. The third kappa shape index (κ3) is 1.91. The molecule has 0 saturated heterocycles. The van der Waals surface area contributed by atoms with Gasteiger partial charge in [-0.25, -0.2) is 4.98 Å². The van der Waals surface area contributed by atoms with Crippen LogP contribution in [0.2, 0.25) is 0 Å². The van der Waals surface area contributed by atoms with Crippen molar-refractivity contribution in [2.75, 3.05) is 12.9 Å². The number of hydrogen-bond acceptors (Lipinski definition) is 5. The molecule has 5 nitrogen and oxygen atoms in total. The SMILES string of the molecule is C#CCOc1c(C#N)c(SC)nc2ccnn12. The first-order chi connectivity index (χ1) is 8.31. The molecule has 0 unspecified atom stereocenters. The quantitative estimate of drug-likeness (QED) is 0.463. The molecule has 2 aromatic rings. The summed E-state index contributed by atoms with van der Waals surface area (Å²) >= 11 is 1.38. The molecule has 0 bridgehead atoms. The van der Waals surface area contributed by atoms with E-state index in [9.17, 15) is 0 Å². The van der Waals surface area contributed by atoms with E-state index in [4.69, 9.17) is 16.4 Å². The van der Waals surface area contributed by atoms with Crippen molar-refractivity contribution in [2.24, 2.45) is 0 Å². The molecule has 2 heterocycles. The first-order valence-electron chi connectivity index (χ1n) is 4.70. The molecule has 0 radical (unpaired) electrons. The van der Waals surface area contributed by atoms with Gasteiger partial charge < -0.3 is 4.74 Å². The maximum absolute atomic E-state index is 9.15. The Morgan fingerprint density at radius 3 is 3.12 bits per heavy atom. The molecular formula is C11H8N4OS. The second-order valence-corrected chi connectivity index (χ2v) is 3.80. The van der Waals surface area contributed by atoms with Crippen LogP contribution in [-0.2, 0) is 0 Å². The summed E-state index contributed by atoms with van der Waals surface area (Å²) in [4.78, 5) is 4.30. The topological polar surface area (TPSA) is 63.2 Å². The zero-order valence-corrected chi connectivity index (χ0v) is 9.86. The highest BCUT2D eigenvalue weighted by Gasteiger charge is 2.16. The van der Waals surface area contributed by atoms with E-state index in [1.165, 1.54) is 16.3 Å². The summed E-state index contributed by atoms with van der Waals surface area (Å²) in [5, 5.41) is 13.8. The highest BCUT2D eigenvalue weighted by molar-refractivity contribution is 7.98. The average Bonchev–Trinajstić information content (AvgIpc) is 2.82. The van der Waals surface area contributed by atoms with E-state index in [0.29, 0.717) is 22.1 Å². The standard InChI is InChI=1S/C11H8N4OS/c1-3-6-16-11-8(7-12)10(17-2)14-9-4-5-13-15(9)11/h1,4-5H,6H2,2H3. The minimum absolute atomic E-state index is 0.0848. The summed E-state index contributed by atoms with van der Waals surface area (Å²) in [5.41, 5.74) is 0.976. The minimum atomic E-state index is 0.0848. The second kappa shape index (κ2) is 4.77. The molecule has 2 rings (SSSR count). The Morgan fingerprint density at radius 2 is 2.47 bits per heavy atom. The Balaban J connectivity index is 2.70. The van der Waals surface area contributed by atoms with Crippen molar-refractivity contribution in [3.63, 3.8) is 0 Å². The van der Waals surface area contributed by atoms with E-state index in [-0.39, 0.29) is 6.61 Å². The largest absolute Gasteiger partial charge is 0.463 e. The van der Waals surface area contributed by atoms with Crippen molar-refractivity contribution < 1.29 is 4.74 Å². The van der Waals surface area contributed by atoms with Gasteiger partial charge in [-0.3, -0.25) is 0 Å². The van der Waals surface area contributed by atoms with Crippen LogP contribution in [0.15, 0.2) is 17.3 Å². The van der Waals surface area contributed by atoms with Gasteiger partial charge in [-0.2, -0.15) is 14.9 Å². The maximum Gasteiger partial charge on any atom is 0.238 e. The van der Waals surface area contributed by atoms with Gasteiger partial charge >= 0.3 is 0 Å². The molecule has 0 spiro atoms. The number of terminal acetylenes is 1. The number of fused-ring (bicyclic) bond motifs is 1. The van der Waals surface area contributed by atoms with Crippen molar-refractivity contribution in [1.29, 1.82) is 5.26 Å². The monoisotopic (exact) mass is 244 g/mol. The lowest BCUT2D eigenvalue weighted by Gasteiger charge is -2.09. The van der Waals surface area contributed by atoms with E-state index in [0.717, 1.165) is 0 Å². The molecule has 0 aliphatic carbocycles. The Labute approximate surface area is 102 Å². The summed E-state index contributed by atoms with van der Waals surface area (Å²) in [6.07, 6.45) is 8.59. The Bertz CT molecular complexity index is 635. The Morgan fingerprint density at radius 1 is 1.65 bits per heavy atom.